The van der Waals surface area contributed by atoms with Crippen LogP contribution in [0, 0.1) is 0 Å². The molecule has 0 radical (unpaired) electrons. The van der Waals surface area contributed by atoms with Crippen molar-refractivity contribution in [2.45, 2.75) is 26.7 Å². The minimum absolute atomic E-state index is 0.705. The fourth-order valence-corrected chi connectivity index (χ4v) is 8.64. The Morgan fingerprint density at radius 2 is 0.823 bits per heavy atom. The molecule has 0 saturated heterocycles. The summed E-state index contributed by atoms with van der Waals surface area (Å²) in [7, 11) is 0. The molecule has 8 nitrogen and oxygen atoms in total. The van der Waals surface area contributed by atoms with Crippen LogP contribution in [0.5, 0.6) is 23.0 Å². The van der Waals surface area contributed by atoms with Gasteiger partial charge in [-0.25, -0.2) is 9.97 Å². The third-order valence-corrected chi connectivity index (χ3v) is 11.6. The number of fused-ring (bicyclic) bond motifs is 6. The van der Waals surface area contributed by atoms with Gasteiger partial charge in [-0.05, 0) is 96.8 Å². The maximum absolute atomic E-state index is 6.53. The van der Waals surface area contributed by atoms with Gasteiger partial charge in [-0.3, -0.25) is 19.1 Å². The van der Waals surface area contributed by atoms with E-state index in [1.807, 2.05) is 85.2 Å². The van der Waals surface area contributed by atoms with Crippen LogP contribution in [-0.4, -0.2) is 29.1 Å². The van der Waals surface area contributed by atoms with Gasteiger partial charge in [0.2, 0.25) is 0 Å². The zero-order valence-electron chi connectivity index (χ0n) is 34.2. The summed E-state index contributed by atoms with van der Waals surface area (Å²) in [6.07, 6.45) is 9.08. The highest BCUT2D eigenvalue weighted by Crippen LogP contribution is 2.38. The van der Waals surface area contributed by atoms with Crippen LogP contribution in [0.25, 0.3) is 77.8 Å². The number of hydrogen-bond acceptors (Lipinski definition) is 6. The van der Waals surface area contributed by atoms with E-state index in [1.165, 1.54) is 21.9 Å². The van der Waals surface area contributed by atoms with E-state index >= 15 is 0 Å². The van der Waals surface area contributed by atoms with Crippen LogP contribution in [0.1, 0.15) is 25.0 Å². The molecule has 0 amide bonds. The normalized spacial score (nSPS) is 11.5. The molecule has 0 aliphatic heterocycles. The highest BCUT2D eigenvalue weighted by molar-refractivity contribution is 6.10. The summed E-state index contributed by atoms with van der Waals surface area (Å²) >= 11 is 0. The summed E-state index contributed by atoms with van der Waals surface area (Å²) < 4.78 is 17.5. The Morgan fingerprint density at radius 3 is 1.27 bits per heavy atom. The van der Waals surface area contributed by atoms with Crippen LogP contribution in [0.15, 0.2) is 183 Å². The number of benzene rings is 6. The molecule has 0 N–H and O–H groups in total. The van der Waals surface area contributed by atoms with Gasteiger partial charge in [0.05, 0.1) is 45.8 Å². The van der Waals surface area contributed by atoms with Crippen molar-refractivity contribution in [2.75, 3.05) is 0 Å². The van der Waals surface area contributed by atoms with E-state index in [9.17, 15) is 0 Å². The van der Waals surface area contributed by atoms with Crippen molar-refractivity contribution >= 4 is 43.6 Å². The standard InChI is InChI=1S/C54H40N6O2/c1-3-35-15-11-27-55-53(35)59-49-21-7-5-19-43(49)45-25-23-41(31-51(45)59)61-39-17-9-13-37(29-39)47-33-58-48(34-57-47)38-14-10-18-40(30-38)62-42-24-26-46-44-20-6-8-22-50(44)60(52(46)32-42)54-36(4-2)16-12-28-56-54/h5-34H,3-4H2,1-2H3. The van der Waals surface area contributed by atoms with Crippen molar-refractivity contribution in [3.05, 3.63) is 194 Å². The molecule has 0 unspecified atom stereocenters. The molecule has 5 aromatic heterocycles. The monoisotopic (exact) mass is 804 g/mol. The molecule has 11 rings (SSSR count). The van der Waals surface area contributed by atoms with Crippen LogP contribution in [-0.2, 0) is 12.8 Å². The molecule has 0 fully saturated rings. The van der Waals surface area contributed by atoms with Gasteiger partial charge in [-0.15, -0.1) is 0 Å². The molecule has 298 valence electrons. The van der Waals surface area contributed by atoms with Gasteiger partial charge in [0.15, 0.2) is 0 Å². The molecular weight excluding hydrogens is 765 g/mol. The van der Waals surface area contributed by atoms with E-state index in [-0.39, 0.29) is 0 Å². The lowest BCUT2D eigenvalue weighted by Gasteiger charge is -2.12. The second-order valence-corrected chi connectivity index (χ2v) is 15.3. The van der Waals surface area contributed by atoms with E-state index in [0.717, 1.165) is 91.3 Å². The van der Waals surface area contributed by atoms with E-state index in [4.69, 9.17) is 29.4 Å². The molecule has 0 aliphatic carbocycles. The number of rotatable bonds is 10. The van der Waals surface area contributed by atoms with Crippen LogP contribution in [0.4, 0.5) is 0 Å². The zero-order valence-corrected chi connectivity index (χ0v) is 34.2. The first-order valence-electron chi connectivity index (χ1n) is 21.0. The van der Waals surface area contributed by atoms with Crippen LogP contribution >= 0.6 is 0 Å². The largest absolute Gasteiger partial charge is 0.457 e. The minimum Gasteiger partial charge on any atom is -0.457 e. The van der Waals surface area contributed by atoms with Crippen LogP contribution < -0.4 is 9.47 Å². The first-order valence-corrected chi connectivity index (χ1v) is 21.0. The van der Waals surface area contributed by atoms with Gasteiger partial charge in [0.25, 0.3) is 0 Å². The number of nitrogens with zero attached hydrogens (tertiary/aromatic N) is 6. The molecule has 0 atom stereocenters. The number of ether oxygens (including phenoxy) is 2. The molecule has 11 aromatic rings. The number of aromatic nitrogens is 6. The van der Waals surface area contributed by atoms with Crippen molar-refractivity contribution in [3.63, 3.8) is 0 Å². The number of para-hydroxylation sites is 2. The summed E-state index contributed by atoms with van der Waals surface area (Å²) in [6.45, 7) is 4.33. The van der Waals surface area contributed by atoms with Gasteiger partial charge in [0, 0.05) is 57.2 Å². The van der Waals surface area contributed by atoms with Gasteiger partial charge in [-0.1, -0.05) is 86.6 Å². The summed E-state index contributed by atoms with van der Waals surface area (Å²) in [5.74, 6) is 4.75. The maximum atomic E-state index is 6.53. The molecule has 5 heterocycles. The predicted octanol–water partition coefficient (Wildman–Crippen LogP) is 13.5. The SMILES string of the molecule is CCc1cccnc1-n1c2ccccc2c2ccc(Oc3cccc(-c4cnc(-c5cccc(Oc6ccc7c8ccccc8n(-c8ncccc8CC)c7c6)c5)cn4)c3)cc21. The van der Waals surface area contributed by atoms with Gasteiger partial charge in [-0.2, -0.15) is 0 Å². The van der Waals surface area contributed by atoms with Gasteiger partial charge >= 0.3 is 0 Å². The average Bonchev–Trinajstić information content (AvgIpc) is 3.83. The van der Waals surface area contributed by atoms with E-state index in [2.05, 4.69) is 108 Å². The van der Waals surface area contributed by atoms with E-state index < -0.39 is 0 Å². The lowest BCUT2D eigenvalue weighted by atomic mass is 10.1. The highest BCUT2D eigenvalue weighted by atomic mass is 16.5. The third kappa shape index (κ3) is 6.49. The average molecular weight is 805 g/mol. The Balaban J connectivity index is 0.855. The van der Waals surface area contributed by atoms with E-state index in [0.29, 0.717) is 11.5 Å². The lowest BCUT2D eigenvalue weighted by Crippen LogP contribution is -2.01. The fraction of sp³-hybridized carbons (Fsp3) is 0.0741. The van der Waals surface area contributed by atoms with Gasteiger partial charge in [0.1, 0.15) is 34.6 Å². The van der Waals surface area contributed by atoms with Crippen molar-refractivity contribution < 1.29 is 9.47 Å². The number of hydrogen-bond donors (Lipinski definition) is 0. The summed E-state index contributed by atoms with van der Waals surface area (Å²) in [4.78, 5) is 19.3. The molecule has 0 aliphatic rings. The van der Waals surface area contributed by atoms with Crippen molar-refractivity contribution in [2.24, 2.45) is 0 Å². The first kappa shape index (κ1) is 36.9. The molecule has 0 spiro atoms. The maximum Gasteiger partial charge on any atom is 0.140 e. The molecule has 62 heavy (non-hydrogen) atoms. The smallest absolute Gasteiger partial charge is 0.140 e. The Bertz CT molecular complexity index is 3230. The highest BCUT2D eigenvalue weighted by Gasteiger charge is 2.18. The molecular formula is C54H40N6O2. The predicted molar refractivity (Wildman–Crippen MR) is 249 cm³/mol. The molecule has 0 saturated carbocycles. The van der Waals surface area contributed by atoms with E-state index in [1.54, 1.807) is 12.4 Å². The van der Waals surface area contributed by atoms with Crippen molar-refractivity contribution in [1.29, 1.82) is 0 Å². The number of pyridine rings is 2. The minimum atomic E-state index is 0.705. The van der Waals surface area contributed by atoms with Crippen molar-refractivity contribution in [3.8, 4) is 57.1 Å². The topological polar surface area (TPSA) is 79.9 Å². The molecule has 8 heteroatoms. The Kier molecular flexibility index (Phi) is 9.23. The lowest BCUT2D eigenvalue weighted by molar-refractivity contribution is 0.483. The number of aryl methyl sites for hydroxylation is 2. The van der Waals surface area contributed by atoms with Crippen LogP contribution in [0.2, 0.25) is 0 Å². The summed E-state index contributed by atoms with van der Waals surface area (Å²) in [5.41, 5.74) is 9.97. The molecule has 0 bridgehead atoms. The zero-order chi connectivity index (χ0) is 41.6. The van der Waals surface area contributed by atoms with Gasteiger partial charge < -0.3 is 9.47 Å². The first-order chi connectivity index (χ1) is 30.6. The Morgan fingerprint density at radius 1 is 0.387 bits per heavy atom. The fourth-order valence-electron chi connectivity index (χ4n) is 8.64. The Hall–Kier alpha value is -8.10. The van der Waals surface area contributed by atoms with Crippen molar-refractivity contribution in [1.82, 2.24) is 29.1 Å². The second kappa shape index (κ2) is 15.5. The molecule has 6 aromatic carbocycles. The van der Waals surface area contributed by atoms with Crippen LogP contribution in [0.3, 0.4) is 0 Å². The summed E-state index contributed by atoms with van der Waals surface area (Å²) in [5, 5.41) is 4.65. The second-order valence-electron chi connectivity index (χ2n) is 15.3. The third-order valence-electron chi connectivity index (χ3n) is 11.6. The quantitative estimate of drug-likeness (QED) is 0.137. The Labute approximate surface area is 358 Å². The summed E-state index contributed by atoms with van der Waals surface area (Å²) in [6, 6.07) is 53.7.